The van der Waals surface area contributed by atoms with Crippen LogP contribution in [0.25, 0.3) is 11.3 Å². The molecule has 1 atom stereocenters. The molecule has 1 aliphatic rings. The molecule has 1 aliphatic heterocycles. The predicted molar refractivity (Wildman–Crippen MR) is 104 cm³/mol. The van der Waals surface area contributed by atoms with Crippen LogP contribution in [0.5, 0.6) is 0 Å². The van der Waals surface area contributed by atoms with E-state index < -0.39 is 6.09 Å². The van der Waals surface area contributed by atoms with E-state index in [4.69, 9.17) is 17.3 Å². The summed E-state index contributed by atoms with van der Waals surface area (Å²) in [6.07, 6.45) is 4.73. The third-order valence-corrected chi connectivity index (χ3v) is 4.38. The molecule has 9 heteroatoms. The molecule has 27 heavy (non-hydrogen) atoms. The number of aromatic nitrogens is 2. The van der Waals surface area contributed by atoms with Crippen LogP contribution in [-0.2, 0) is 9.53 Å². The Balaban J connectivity index is 2.06. The zero-order valence-corrected chi connectivity index (χ0v) is 15.5. The number of halogens is 1. The second-order valence-electron chi connectivity index (χ2n) is 6.06. The van der Waals surface area contributed by atoms with Gasteiger partial charge in [-0.25, -0.2) is 9.78 Å². The first-order valence-corrected chi connectivity index (χ1v) is 8.81. The number of imidazole rings is 1. The van der Waals surface area contributed by atoms with Crippen LogP contribution in [0.1, 0.15) is 31.1 Å². The molecular weight excluding hydrogens is 370 g/mol. The Bertz CT molecular complexity index is 893. The SMILES string of the molecule is COC(=O)Nc1ccc2c(c1)NC(=O)CC/C=C/C[C@H](N)c1nc-2c(Cl)[nH]1. The number of rotatable bonds is 1. The minimum Gasteiger partial charge on any atom is -0.453 e. The number of carbonyl (C=O) groups is 2. The van der Waals surface area contributed by atoms with Crippen molar-refractivity contribution >= 4 is 35.0 Å². The van der Waals surface area contributed by atoms with E-state index in [9.17, 15) is 9.59 Å². The van der Waals surface area contributed by atoms with E-state index in [1.165, 1.54) is 7.11 Å². The summed E-state index contributed by atoms with van der Waals surface area (Å²) < 4.78 is 4.60. The lowest BCUT2D eigenvalue weighted by Crippen LogP contribution is -2.14. The number of methoxy groups -OCH3 is 1. The summed E-state index contributed by atoms with van der Waals surface area (Å²) >= 11 is 6.33. The molecule has 1 aromatic carbocycles. The fraction of sp³-hybridized carbons (Fsp3) is 0.278. The van der Waals surface area contributed by atoms with Crippen LogP contribution in [0.4, 0.5) is 16.2 Å². The zero-order valence-electron chi connectivity index (χ0n) is 14.7. The van der Waals surface area contributed by atoms with E-state index in [2.05, 4.69) is 25.3 Å². The molecule has 1 aromatic heterocycles. The van der Waals surface area contributed by atoms with Crippen molar-refractivity contribution in [3.8, 4) is 11.3 Å². The number of hydrogen-bond acceptors (Lipinski definition) is 5. The van der Waals surface area contributed by atoms with Crippen molar-refractivity contribution in [3.63, 3.8) is 0 Å². The average Bonchev–Trinajstić information content (AvgIpc) is 3.02. The quantitative estimate of drug-likeness (QED) is 0.555. The van der Waals surface area contributed by atoms with Crippen LogP contribution >= 0.6 is 11.6 Å². The van der Waals surface area contributed by atoms with E-state index in [1.807, 2.05) is 12.2 Å². The summed E-state index contributed by atoms with van der Waals surface area (Å²) in [5.74, 6) is 0.402. The highest BCUT2D eigenvalue weighted by Crippen LogP contribution is 2.35. The Labute approximate surface area is 161 Å². The molecular formula is C18H20ClN5O3. The van der Waals surface area contributed by atoms with E-state index in [-0.39, 0.29) is 11.9 Å². The molecule has 2 bridgehead atoms. The molecule has 0 spiro atoms. The molecule has 0 saturated heterocycles. The Kier molecular flexibility index (Phi) is 5.78. The number of nitrogens with zero attached hydrogens (tertiary/aromatic N) is 1. The van der Waals surface area contributed by atoms with Crippen LogP contribution in [0.3, 0.4) is 0 Å². The molecule has 2 aromatic rings. The van der Waals surface area contributed by atoms with Crippen LogP contribution in [0.15, 0.2) is 30.4 Å². The monoisotopic (exact) mass is 389 g/mol. The third kappa shape index (κ3) is 4.47. The van der Waals surface area contributed by atoms with Gasteiger partial charge in [0.1, 0.15) is 16.7 Å². The summed E-state index contributed by atoms with van der Waals surface area (Å²) in [7, 11) is 1.27. The van der Waals surface area contributed by atoms with E-state index in [1.54, 1.807) is 18.2 Å². The number of anilines is 2. The lowest BCUT2D eigenvalue weighted by Gasteiger charge is -2.12. The Morgan fingerprint density at radius 2 is 2.22 bits per heavy atom. The number of H-pyrrole nitrogens is 1. The van der Waals surface area contributed by atoms with E-state index >= 15 is 0 Å². The molecule has 0 saturated carbocycles. The number of fused-ring (bicyclic) bond motifs is 4. The van der Waals surface area contributed by atoms with Crippen LogP contribution in [-0.4, -0.2) is 29.1 Å². The van der Waals surface area contributed by atoms with Gasteiger partial charge < -0.3 is 20.8 Å². The lowest BCUT2D eigenvalue weighted by atomic mass is 10.1. The fourth-order valence-electron chi connectivity index (χ4n) is 2.72. The van der Waals surface area contributed by atoms with Gasteiger partial charge >= 0.3 is 6.09 Å². The standard InChI is InChI=1S/C18H20ClN5O3/c1-27-18(26)21-10-7-8-11-13(9-10)22-14(25)6-4-2-3-5-12(20)17-23-15(11)16(19)24-17/h2-3,7-9,12H,4-6,20H2,1H3,(H,21,26)(H,22,25)(H,23,24)/b3-2+/t12-/m0/s1. The summed E-state index contributed by atoms with van der Waals surface area (Å²) in [4.78, 5) is 31.3. The number of ether oxygens (including phenoxy) is 1. The Hall–Kier alpha value is -2.84. The number of benzene rings is 1. The summed E-state index contributed by atoms with van der Waals surface area (Å²) in [6, 6.07) is 4.69. The maximum Gasteiger partial charge on any atom is 0.411 e. The number of nitrogens with two attached hydrogens (primary N) is 1. The van der Waals surface area contributed by atoms with Gasteiger partial charge in [0.25, 0.3) is 0 Å². The van der Waals surface area contributed by atoms with Gasteiger partial charge in [0.2, 0.25) is 5.91 Å². The minimum atomic E-state index is -0.609. The maximum absolute atomic E-state index is 12.3. The molecule has 2 heterocycles. The molecule has 5 N–H and O–H groups in total. The van der Waals surface area contributed by atoms with Gasteiger partial charge in [-0.3, -0.25) is 10.1 Å². The Morgan fingerprint density at radius 1 is 1.41 bits per heavy atom. The molecule has 0 aliphatic carbocycles. The summed E-state index contributed by atoms with van der Waals surface area (Å²) in [5.41, 5.74) is 8.20. The van der Waals surface area contributed by atoms with Crippen LogP contribution in [0.2, 0.25) is 5.15 Å². The fourth-order valence-corrected chi connectivity index (χ4v) is 2.96. The summed E-state index contributed by atoms with van der Waals surface area (Å²) in [6.45, 7) is 0. The van der Waals surface area contributed by atoms with Gasteiger partial charge in [0, 0.05) is 17.7 Å². The first kappa shape index (κ1) is 18.9. The van der Waals surface area contributed by atoms with Crippen LogP contribution in [0, 0.1) is 0 Å². The first-order valence-electron chi connectivity index (χ1n) is 8.43. The number of amides is 2. The second kappa shape index (κ2) is 8.24. The normalized spacial score (nSPS) is 18.2. The minimum absolute atomic E-state index is 0.161. The molecule has 0 radical (unpaired) electrons. The predicted octanol–water partition coefficient (Wildman–Crippen LogP) is 3.59. The van der Waals surface area contributed by atoms with Gasteiger partial charge in [-0.05, 0) is 31.0 Å². The van der Waals surface area contributed by atoms with Gasteiger partial charge in [0.05, 0.1) is 18.8 Å². The molecule has 142 valence electrons. The van der Waals surface area contributed by atoms with Crippen molar-refractivity contribution in [2.45, 2.75) is 25.3 Å². The van der Waals surface area contributed by atoms with Gasteiger partial charge in [-0.2, -0.15) is 0 Å². The first-order chi connectivity index (χ1) is 13.0. The maximum atomic E-state index is 12.3. The van der Waals surface area contributed by atoms with Crippen LogP contribution < -0.4 is 16.4 Å². The third-order valence-electron chi connectivity index (χ3n) is 4.10. The zero-order chi connectivity index (χ0) is 19.4. The number of hydrogen-bond donors (Lipinski definition) is 4. The molecule has 3 rings (SSSR count). The van der Waals surface area contributed by atoms with Crippen molar-refractivity contribution < 1.29 is 14.3 Å². The smallest absolute Gasteiger partial charge is 0.411 e. The molecule has 2 amide bonds. The van der Waals surface area contributed by atoms with Gasteiger partial charge in [-0.15, -0.1) is 0 Å². The molecule has 8 nitrogen and oxygen atoms in total. The van der Waals surface area contributed by atoms with E-state index in [0.29, 0.717) is 52.9 Å². The number of allylic oxidation sites excluding steroid dienone is 1. The highest BCUT2D eigenvalue weighted by atomic mass is 35.5. The number of aromatic amines is 1. The highest BCUT2D eigenvalue weighted by molar-refractivity contribution is 6.32. The second-order valence-corrected chi connectivity index (χ2v) is 6.44. The van der Waals surface area contributed by atoms with Crippen molar-refractivity contribution in [2.75, 3.05) is 17.7 Å². The topological polar surface area (TPSA) is 122 Å². The molecule has 0 unspecified atom stereocenters. The molecule has 0 fully saturated rings. The van der Waals surface area contributed by atoms with Gasteiger partial charge in [0.15, 0.2) is 0 Å². The Morgan fingerprint density at radius 3 is 3.00 bits per heavy atom. The van der Waals surface area contributed by atoms with Crippen molar-refractivity contribution in [1.29, 1.82) is 0 Å². The van der Waals surface area contributed by atoms with E-state index in [0.717, 1.165) is 0 Å². The van der Waals surface area contributed by atoms with Crippen molar-refractivity contribution in [2.24, 2.45) is 5.73 Å². The highest BCUT2D eigenvalue weighted by Gasteiger charge is 2.19. The lowest BCUT2D eigenvalue weighted by molar-refractivity contribution is -0.116. The average molecular weight is 390 g/mol. The van der Waals surface area contributed by atoms with Crippen molar-refractivity contribution in [3.05, 3.63) is 41.3 Å². The number of nitrogens with one attached hydrogen (secondary N) is 3. The number of carbonyl (C=O) groups excluding carboxylic acids is 2. The largest absolute Gasteiger partial charge is 0.453 e. The van der Waals surface area contributed by atoms with Gasteiger partial charge in [-0.1, -0.05) is 23.8 Å². The summed E-state index contributed by atoms with van der Waals surface area (Å²) in [5, 5.41) is 5.75. The van der Waals surface area contributed by atoms with Crippen molar-refractivity contribution in [1.82, 2.24) is 9.97 Å².